The molecular weight excluding hydrogens is 200 g/mol. The van der Waals surface area contributed by atoms with E-state index >= 15 is 0 Å². The molecule has 2 aromatic heterocycles. The molecule has 0 saturated carbocycles. The highest BCUT2D eigenvalue weighted by Crippen LogP contribution is 2.19. The van der Waals surface area contributed by atoms with Crippen LogP contribution in [-0.4, -0.2) is 20.0 Å². The van der Waals surface area contributed by atoms with Gasteiger partial charge in [-0.25, -0.2) is 10.4 Å². The van der Waals surface area contributed by atoms with Gasteiger partial charge >= 0.3 is 0 Å². The highest BCUT2D eigenvalue weighted by Gasteiger charge is 2.17. The number of hydrogen-bond donors (Lipinski definition) is 2. The fourth-order valence-corrected chi connectivity index (χ4v) is 1.83. The maximum atomic E-state index is 5.47. The Morgan fingerprint density at radius 2 is 2.50 bits per heavy atom. The summed E-state index contributed by atoms with van der Waals surface area (Å²) in [6.07, 6.45) is 1.67. The van der Waals surface area contributed by atoms with Crippen molar-refractivity contribution in [1.82, 2.24) is 25.4 Å². The zero-order valence-corrected chi connectivity index (χ0v) is 8.40. The number of aryl methyl sites for hydroxylation is 1. The minimum absolute atomic E-state index is 0.152. The van der Waals surface area contributed by atoms with E-state index in [4.69, 9.17) is 5.84 Å². The van der Waals surface area contributed by atoms with Crippen LogP contribution in [0.5, 0.6) is 0 Å². The maximum Gasteiger partial charge on any atom is 0.107 e. The summed E-state index contributed by atoms with van der Waals surface area (Å²) < 4.78 is 1.67. The Morgan fingerprint density at radius 3 is 3.00 bits per heavy atom. The monoisotopic (exact) mass is 210 g/mol. The third kappa shape index (κ3) is 1.52. The molecule has 0 spiro atoms. The van der Waals surface area contributed by atoms with Crippen molar-refractivity contribution >= 4 is 11.3 Å². The van der Waals surface area contributed by atoms with E-state index in [1.54, 1.807) is 16.4 Å². The van der Waals surface area contributed by atoms with Gasteiger partial charge in [-0.15, -0.1) is 16.4 Å². The average molecular weight is 210 g/mol. The van der Waals surface area contributed by atoms with Gasteiger partial charge in [0.1, 0.15) is 6.04 Å². The van der Waals surface area contributed by atoms with Crippen molar-refractivity contribution in [2.75, 3.05) is 0 Å². The van der Waals surface area contributed by atoms with E-state index in [0.717, 1.165) is 11.4 Å². The Kier molecular flexibility index (Phi) is 2.53. The van der Waals surface area contributed by atoms with Crippen LogP contribution in [0.2, 0.25) is 0 Å². The normalized spacial score (nSPS) is 13.0. The van der Waals surface area contributed by atoms with Crippen LogP contribution in [0.1, 0.15) is 17.4 Å². The molecule has 2 rings (SSSR count). The number of nitrogens with two attached hydrogens (primary N) is 1. The predicted molar refractivity (Wildman–Crippen MR) is 52.3 cm³/mol. The van der Waals surface area contributed by atoms with Gasteiger partial charge in [0.25, 0.3) is 0 Å². The molecule has 6 nitrogen and oxygen atoms in total. The van der Waals surface area contributed by atoms with Crippen molar-refractivity contribution < 1.29 is 0 Å². The maximum absolute atomic E-state index is 5.47. The first-order valence-electron chi connectivity index (χ1n) is 4.01. The van der Waals surface area contributed by atoms with Crippen molar-refractivity contribution in [3.05, 3.63) is 28.5 Å². The number of thiazole rings is 1. The number of aromatic nitrogens is 4. The molecule has 2 heterocycles. The van der Waals surface area contributed by atoms with Crippen LogP contribution in [0.3, 0.4) is 0 Å². The predicted octanol–water partition coefficient (Wildman–Crippen LogP) is -0.176. The summed E-state index contributed by atoms with van der Waals surface area (Å²) in [4.78, 5) is 4.19. The first-order chi connectivity index (χ1) is 6.83. The molecule has 7 heteroatoms. The summed E-state index contributed by atoms with van der Waals surface area (Å²) in [6.45, 7) is 0. The summed E-state index contributed by atoms with van der Waals surface area (Å²) >= 11 is 1.53. The average Bonchev–Trinajstić information content (AvgIpc) is 2.80. The van der Waals surface area contributed by atoms with Gasteiger partial charge in [-0.2, -0.15) is 0 Å². The van der Waals surface area contributed by atoms with Crippen molar-refractivity contribution in [3.63, 3.8) is 0 Å². The van der Waals surface area contributed by atoms with Crippen LogP contribution in [0.4, 0.5) is 0 Å². The Bertz CT molecular complexity index is 394. The highest BCUT2D eigenvalue weighted by atomic mass is 32.1. The van der Waals surface area contributed by atoms with E-state index in [1.165, 1.54) is 11.3 Å². The van der Waals surface area contributed by atoms with Gasteiger partial charge < -0.3 is 0 Å². The molecule has 2 aromatic rings. The summed E-state index contributed by atoms with van der Waals surface area (Å²) in [5.74, 6) is 5.47. The second-order valence-corrected chi connectivity index (χ2v) is 3.51. The Hall–Kier alpha value is -1.31. The molecule has 3 N–H and O–H groups in total. The van der Waals surface area contributed by atoms with E-state index < -0.39 is 0 Å². The molecule has 0 radical (unpaired) electrons. The lowest BCUT2D eigenvalue weighted by atomic mass is 10.2. The van der Waals surface area contributed by atoms with Gasteiger partial charge in [-0.3, -0.25) is 10.5 Å². The van der Waals surface area contributed by atoms with E-state index in [-0.39, 0.29) is 6.04 Å². The topological polar surface area (TPSA) is 81.7 Å². The Balaban J connectivity index is 2.36. The summed E-state index contributed by atoms with van der Waals surface area (Å²) in [6, 6.07) is -0.152. The quantitative estimate of drug-likeness (QED) is 0.542. The highest BCUT2D eigenvalue weighted by molar-refractivity contribution is 7.07. The molecule has 0 bridgehead atoms. The third-order valence-electron chi connectivity index (χ3n) is 1.96. The van der Waals surface area contributed by atoms with Crippen LogP contribution < -0.4 is 11.3 Å². The standard InChI is InChI=1S/C7H10N6S/c1-13-6(2-10-12-13)7(11-8)5-3-14-4-9-5/h2-4,7,11H,8H2,1H3. The van der Waals surface area contributed by atoms with Gasteiger partial charge in [0.2, 0.25) is 0 Å². The lowest BCUT2D eigenvalue weighted by Crippen LogP contribution is -2.30. The van der Waals surface area contributed by atoms with Crippen molar-refractivity contribution in [2.45, 2.75) is 6.04 Å². The van der Waals surface area contributed by atoms with Crippen LogP contribution in [0.15, 0.2) is 17.1 Å². The Morgan fingerprint density at radius 1 is 1.64 bits per heavy atom. The molecule has 14 heavy (non-hydrogen) atoms. The molecule has 1 unspecified atom stereocenters. The second-order valence-electron chi connectivity index (χ2n) is 2.80. The number of nitrogens with zero attached hydrogens (tertiary/aromatic N) is 4. The Labute approximate surface area is 84.7 Å². The fraction of sp³-hybridized carbons (Fsp3) is 0.286. The van der Waals surface area contributed by atoms with E-state index in [0.29, 0.717) is 0 Å². The van der Waals surface area contributed by atoms with Gasteiger partial charge in [0.05, 0.1) is 23.1 Å². The molecule has 0 saturated heterocycles. The molecule has 0 amide bonds. The van der Waals surface area contributed by atoms with Crippen LogP contribution in [0, 0.1) is 0 Å². The number of hydrogen-bond acceptors (Lipinski definition) is 6. The zero-order chi connectivity index (χ0) is 9.97. The fourth-order valence-electron chi connectivity index (χ4n) is 1.25. The van der Waals surface area contributed by atoms with Crippen LogP contribution in [-0.2, 0) is 7.05 Å². The molecule has 1 atom stereocenters. The molecule has 0 aliphatic carbocycles. The van der Waals surface area contributed by atoms with Crippen molar-refractivity contribution in [1.29, 1.82) is 0 Å². The van der Waals surface area contributed by atoms with Gasteiger partial charge in [-0.1, -0.05) is 5.21 Å². The van der Waals surface area contributed by atoms with Gasteiger partial charge in [-0.05, 0) is 0 Å². The largest absolute Gasteiger partial charge is 0.270 e. The van der Waals surface area contributed by atoms with Crippen LogP contribution >= 0.6 is 11.3 Å². The van der Waals surface area contributed by atoms with Crippen LogP contribution in [0.25, 0.3) is 0 Å². The van der Waals surface area contributed by atoms with E-state index in [2.05, 4.69) is 20.7 Å². The van der Waals surface area contributed by atoms with Crippen molar-refractivity contribution in [3.8, 4) is 0 Å². The molecular formula is C7H10N6S. The second kappa shape index (κ2) is 3.82. The third-order valence-corrected chi connectivity index (χ3v) is 2.56. The first-order valence-corrected chi connectivity index (χ1v) is 4.96. The summed E-state index contributed by atoms with van der Waals surface area (Å²) in [7, 11) is 1.82. The lowest BCUT2D eigenvalue weighted by molar-refractivity contribution is 0.562. The molecule has 0 fully saturated rings. The van der Waals surface area contributed by atoms with Gasteiger partial charge in [0, 0.05) is 12.4 Å². The minimum Gasteiger partial charge on any atom is -0.270 e. The minimum atomic E-state index is -0.152. The zero-order valence-electron chi connectivity index (χ0n) is 7.58. The molecule has 0 aliphatic heterocycles. The van der Waals surface area contributed by atoms with E-state index in [1.807, 2.05) is 12.4 Å². The number of rotatable bonds is 3. The molecule has 0 aliphatic rings. The number of nitrogens with one attached hydrogen (secondary N) is 1. The lowest BCUT2D eigenvalue weighted by Gasteiger charge is -2.12. The smallest absolute Gasteiger partial charge is 0.107 e. The summed E-state index contributed by atoms with van der Waals surface area (Å²) in [5, 5.41) is 9.58. The van der Waals surface area contributed by atoms with Crippen molar-refractivity contribution in [2.24, 2.45) is 12.9 Å². The van der Waals surface area contributed by atoms with E-state index in [9.17, 15) is 0 Å². The first kappa shape index (κ1) is 9.25. The number of hydrazine groups is 1. The SMILES string of the molecule is Cn1nncc1C(NN)c1cscn1. The van der Waals surface area contributed by atoms with Gasteiger partial charge in [0.15, 0.2) is 0 Å². The molecule has 74 valence electrons. The summed E-state index contributed by atoms with van der Waals surface area (Å²) in [5.41, 5.74) is 6.22. The molecule has 0 aromatic carbocycles.